The van der Waals surface area contributed by atoms with Gasteiger partial charge in [-0.1, -0.05) is 12.8 Å². The molecule has 1 aromatic rings. The van der Waals surface area contributed by atoms with Crippen LogP contribution >= 0.6 is 0 Å². The second-order valence-electron chi connectivity index (χ2n) is 7.85. The Morgan fingerprint density at radius 3 is 2.41 bits per heavy atom. The number of carbonyl (C=O) groups is 3. The van der Waals surface area contributed by atoms with Gasteiger partial charge >= 0.3 is 0 Å². The predicted molar refractivity (Wildman–Crippen MR) is 105 cm³/mol. The van der Waals surface area contributed by atoms with E-state index in [9.17, 15) is 22.8 Å². The van der Waals surface area contributed by atoms with Crippen LogP contribution in [-0.4, -0.2) is 61.0 Å². The van der Waals surface area contributed by atoms with Crippen LogP contribution in [0.4, 0.5) is 0 Å². The van der Waals surface area contributed by atoms with Crippen LogP contribution in [0.2, 0.25) is 0 Å². The van der Waals surface area contributed by atoms with Crippen molar-refractivity contribution in [3.63, 3.8) is 0 Å². The molecule has 0 aromatic heterocycles. The maximum atomic E-state index is 12.7. The molecule has 29 heavy (non-hydrogen) atoms. The second-order valence-corrected chi connectivity index (χ2v) is 9.63. The standard InChI is InChI=1S/C20H25N3O5S/c24-18(22-11-3-1-2-4-12-22)9-10-21-19(25)14-5-8-16-17(13-14)29(27,28)23(20(16)26)15-6-7-15/h5,8,13,15H,1-4,6-7,9-12H2,(H,21,25). The van der Waals surface area contributed by atoms with Gasteiger partial charge in [-0.2, -0.15) is 0 Å². The lowest BCUT2D eigenvalue weighted by molar-refractivity contribution is -0.131. The zero-order valence-electron chi connectivity index (χ0n) is 16.2. The van der Waals surface area contributed by atoms with E-state index in [1.54, 1.807) is 0 Å². The maximum Gasteiger partial charge on any atom is 0.269 e. The number of fused-ring (bicyclic) bond motifs is 1. The summed E-state index contributed by atoms with van der Waals surface area (Å²) in [6.45, 7) is 1.72. The van der Waals surface area contributed by atoms with E-state index in [4.69, 9.17) is 0 Å². The lowest BCUT2D eigenvalue weighted by Gasteiger charge is -2.20. The smallest absolute Gasteiger partial charge is 0.269 e. The number of likely N-dealkylation sites (tertiary alicyclic amines) is 1. The molecule has 1 saturated carbocycles. The molecule has 3 aliphatic rings. The van der Waals surface area contributed by atoms with Gasteiger partial charge in [-0.15, -0.1) is 0 Å². The zero-order valence-corrected chi connectivity index (χ0v) is 17.0. The van der Waals surface area contributed by atoms with Gasteiger partial charge in [0.15, 0.2) is 0 Å². The molecule has 1 N–H and O–H groups in total. The normalized spacial score (nSPS) is 20.9. The lowest BCUT2D eigenvalue weighted by Crippen LogP contribution is -2.35. The van der Waals surface area contributed by atoms with Crippen LogP contribution in [0, 0.1) is 0 Å². The maximum absolute atomic E-state index is 12.7. The van der Waals surface area contributed by atoms with E-state index in [0.717, 1.165) is 43.1 Å². The van der Waals surface area contributed by atoms with Crippen LogP contribution in [0.3, 0.4) is 0 Å². The number of rotatable bonds is 5. The molecule has 0 unspecified atom stereocenters. The van der Waals surface area contributed by atoms with Crippen molar-refractivity contribution in [1.29, 1.82) is 0 Å². The van der Waals surface area contributed by atoms with Crippen LogP contribution in [0.5, 0.6) is 0 Å². The summed E-state index contributed by atoms with van der Waals surface area (Å²) < 4.78 is 26.3. The van der Waals surface area contributed by atoms with Crippen LogP contribution < -0.4 is 5.32 Å². The van der Waals surface area contributed by atoms with Crippen molar-refractivity contribution in [3.8, 4) is 0 Å². The monoisotopic (exact) mass is 419 g/mol. The molecule has 0 atom stereocenters. The lowest BCUT2D eigenvalue weighted by atomic mass is 10.1. The average Bonchev–Trinajstić information content (AvgIpc) is 3.52. The van der Waals surface area contributed by atoms with Crippen molar-refractivity contribution in [2.75, 3.05) is 19.6 Å². The molecule has 2 heterocycles. The minimum Gasteiger partial charge on any atom is -0.352 e. The Bertz CT molecular complexity index is 947. The summed E-state index contributed by atoms with van der Waals surface area (Å²) in [6, 6.07) is 3.85. The van der Waals surface area contributed by atoms with Gasteiger partial charge in [0.05, 0.1) is 5.56 Å². The first kappa shape index (κ1) is 19.9. The Labute approximate surface area is 170 Å². The first-order chi connectivity index (χ1) is 13.9. The van der Waals surface area contributed by atoms with E-state index < -0.39 is 21.8 Å². The number of nitrogens with one attached hydrogen (secondary N) is 1. The van der Waals surface area contributed by atoms with Gasteiger partial charge in [0.2, 0.25) is 5.91 Å². The molecule has 2 fully saturated rings. The molecule has 3 amide bonds. The number of benzene rings is 1. The second kappa shape index (κ2) is 7.78. The van der Waals surface area contributed by atoms with Gasteiger partial charge in [0, 0.05) is 37.7 Å². The molecule has 0 radical (unpaired) electrons. The van der Waals surface area contributed by atoms with E-state index in [0.29, 0.717) is 12.8 Å². The number of nitrogens with zero attached hydrogens (tertiary/aromatic N) is 2. The van der Waals surface area contributed by atoms with Crippen LogP contribution in [-0.2, 0) is 14.8 Å². The predicted octanol–water partition coefficient (Wildman–Crippen LogP) is 1.52. The number of sulfonamides is 1. The van der Waals surface area contributed by atoms with Gasteiger partial charge in [-0.25, -0.2) is 12.7 Å². The number of hydrogen-bond donors (Lipinski definition) is 1. The average molecular weight is 420 g/mol. The summed E-state index contributed by atoms with van der Waals surface area (Å²) in [5.74, 6) is -0.948. The van der Waals surface area contributed by atoms with Crippen LogP contribution in [0.15, 0.2) is 23.1 Å². The Hall–Kier alpha value is -2.42. The molecular weight excluding hydrogens is 394 g/mol. The number of hydrogen-bond acceptors (Lipinski definition) is 5. The fourth-order valence-electron chi connectivity index (χ4n) is 3.92. The number of amides is 3. The highest BCUT2D eigenvalue weighted by molar-refractivity contribution is 7.90. The molecule has 1 aromatic carbocycles. The third-order valence-corrected chi connectivity index (χ3v) is 7.55. The molecular formula is C20H25N3O5S. The highest BCUT2D eigenvalue weighted by Gasteiger charge is 2.48. The molecule has 1 aliphatic carbocycles. The fourth-order valence-corrected chi connectivity index (χ4v) is 5.76. The molecule has 8 nitrogen and oxygen atoms in total. The Balaban J connectivity index is 1.38. The van der Waals surface area contributed by atoms with E-state index >= 15 is 0 Å². The topological polar surface area (TPSA) is 104 Å². The molecule has 156 valence electrons. The van der Waals surface area contributed by atoms with E-state index in [-0.39, 0.29) is 40.9 Å². The van der Waals surface area contributed by atoms with Crippen LogP contribution in [0.1, 0.15) is 65.7 Å². The minimum absolute atomic E-state index is 0.0226. The highest BCUT2D eigenvalue weighted by Crippen LogP contribution is 2.39. The largest absolute Gasteiger partial charge is 0.352 e. The highest BCUT2D eigenvalue weighted by atomic mass is 32.2. The third kappa shape index (κ3) is 3.88. The Morgan fingerprint density at radius 2 is 1.76 bits per heavy atom. The van der Waals surface area contributed by atoms with Gasteiger partial charge < -0.3 is 10.2 Å². The van der Waals surface area contributed by atoms with Gasteiger partial charge in [0.25, 0.3) is 21.8 Å². The van der Waals surface area contributed by atoms with Crippen molar-refractivity contribution in [2.45, 2.75) is 55.9 Å². The molecule has 2 aliphatic heterocycles. The van der Waals surface area contributed by atoms with E-state index in [1.807, 2.05) is 4.90 Å². The van der Waals surface area contributed by atoms with Crippen molar-refractivity contribution in [3.05, 3.63) is 29.3 Å². The summed E-state index contributed by atoms with van der Waals surface area (Å²) >= 11 is 0. The molecule has 4 rings (SSSR count). The summed E-state index contributed by atoms with van der Waals surface area (Å²) in [6.07, 6.45) is 5.87. The van der Waals surface area contributed by atoms with E-state index in [2.05, 4.69) is 5.32 Å². The van der Waals surface area contributed by atoms with Crippen molar-refractivity contribution in [1.82, 2.24) is 14.5 Å². The molecule has 0 spiro atoms. The Morgan fingerprint density at radius 1 is 1.07 bits per heavy atom. The molecule has 1 saturated heterocycles. The molecule has 9 heteroatoms. The quantitative estimate of drug-likeness (QED) is 0.779. The summed E-state index contributed by atoms with van der Waals surface area (Å²) in [5, 5.41) is 2.68. The Kier molecular flexibility index (Phi) is 5.33. The van der Waals surface area contributed by atoms with Crippen molar-refractivity contribution >= 4 is 27.7 Å². The summed E-state index contributed by atoms with van der Waals surface area (Å²) in [7, 11) is -3.90. The van der Waals surface area contributed by atoms with Gasteiger partial charge in [-0.05, 0) is 43.9 Å². The SMILES string of the molecule is O=C(NCCC(=O)N1CCCCCC1)c1ccc2c(c1)S(=O)(=O)N(C1CC1)C2=O. The van der Waals surface area contributed by atoms with Crippen molar-refractivity contribution < 1.29 is 22.8 Å². The fraction of sp³-hybridized carbons (Fsp3) is 0.550. The van der Waals surface area contributed by atoms with Crippen molar-refractivity contribution in [2.24, 2.45) is 0 Å². The first-order valence-corrected chi connectivity index (χ1v) is 11.6. The zero-order chi connectivity index (χ0) is 20.6. The minimum atomic E-state index is -3.90. The summed E-state index contributed by atoms with van der Waals surface area (Å²) in [4.78, 5) is 38.9. The van der Waals surface area contributed by atoms with Crippen LogP contribution in [0.25, 0.3) is 0 Å². The summed E-state index contributed by atoms with van der Waals surface area (Å²) in [5.41, 5.74) is 0.282. The third-order valence-electron chi connectivity index (χ3n) is 5.67. The first-order valence-electron chi connectivity index (χ1n) is 10.2. The van der Waals surface area contributed by atoms with Gasteiger partial charge in [0.1, 0.15) is 4.90 Å². The molecule has 0 bridgehead atoms. The van der Waals surface area contributed by atoms with E-state index in [1.165, 1.54) is 18.2 Å². The number of carbonyl (C=O) groups excluding carboxylic acids is 3. The van der Waals surface area contributed by atoms with Gasteiger partial charge in [-0.3, -0.25) is 14.4 Å².